The van der Waals surface area contributed by atoms with Gasteiger partial charge in [0, 0.05) is 75.4 Å². The second-order valence-electron chi connectivity index (χ2n) is 11.7. The Labute approximate surface area is 277 Å². The third kappa shape index (κ3) is 7.20. The highest BCUT2D eigenvalue weighted by atomic mass is 35.5. The highest BCUT2D eigenvalue weighted by Crippen LogP contribution is 2.40. The van der Waals surface area contributed by atoms with E-state index in [-0.39, 0.29) is 24.1 Å². The third-order valence-electron chi connectivity index (χ3n) is 8.84. The van der Waals surface area contributed by atoms with Gasteiger partial charge in [-0.25, -0.2) is 9.59 Å². The standard InChI is InChI=1S/C31H33ClF3N7O4S/c32-24-16-19(15-23(26(24)43)31(33,34)35)17-25(28(44)40-12-10-39(11-13-40)21-1-6-36-7-2-21)37-29(45)41-8-3-22(4-9-41)42-18-20-5-14-47-27(20)38-30(42)46/h1-2,5-7,14-16,22,25,43H,3-4,8-13,17-18H2,(H,37,45)(H,38,46)/t25-/m1/s1. The molecule has 0 unspecified atom stereocenters. The van der Waals surface area contributed by atoms with E-state index in [2.05, 4.69) is 20.5 Å². The van der Waals surface area contributed by atoms with E-state index in [0.717, 1.165) is 22.3 Å². The molecule has 1 atom stereocenters. The third-order valence-corrected chi connectivity index (χ3v) is 10.0. The molecule has 3 N–H and O–H groups in total. The molecule has 0 aliphatic carbocycles. The van der Waals surface area contributed by atoms with Crippen LogP contribution in [0.2, 0.25) is 5.02 Å². The van der Waals surface area contributed by atoms with Gasteiger partial charge in [0.05, 0.1) is 17.1 Å². The lowest BCUT2D eigenvalue weighted by Crippen LogP contribution is -2.58. The maximum absolute atomic E-state index is 13.9. The fourth-order valence-electron chi connectivity index (χ4n) is 6.30. The van der Waals surface area contributed by atoms with Crippen molar-refractivity contribution < 1.29 is 32.7 Å². The van der Waals surface area contributed by atoms with Crippen LogP contribution >= 0.6 is 22.9 Å². The van der Waals surface area contributed by atoms with Crippen molar-refractivity contribution in [1.29, 1.82) is 0 Å². The van der Waals surface area contributed by atoms with Gasteiger partial charge in [0.15, 0.2) is 0 Å². The van der Waals surface area contributed by atoms with Gasteiger partial charge >= 0.3 is 18.2 Å². The van der Waals surface area contributed by atoms with E-state index < -0.39 is 40.5 Å². The number of hydrogen-bond donors (Lipinski definition) is 3. The minimum atomic E-state index is -4.88. The van der Waals surface area contributed by atoms with Crippen LogP contribution in [0.3, 0.4) is 0 Å². The van der Waals surface area contributed by atoms with Crippen molar-refractivity contribution in [2.45, 2.75) is 44.1 Å². The summed E-state index contributed by atoms with van der Waals surface area (Å²) >= 11 is 7.44. The first kappa shape index (κ1) is 32.7. The summed E-state index contributed by atoms with van der Waals surface area (Å²) in [6, 6.07) is 5.66. The topological polar surface area (TPSA) is 121 Å². The second-order valence-corrected chi connectivity index (χ2v) is 13.1. The minimum absolute atomic E-state index is 0.0387. The molecule has 2 saturated heterocycles. The maximum Gasteiger partial charge on any atom is 0.420 e. The molecular weight excluding hydrogens is 659 g/mol. The van der Waals surface area contributed by atoms with Gasteiger partial charge in [-0.2, -0.15) is 13.2 Å². The normalized spacial score (nSPS) is 18.1. The van der Waals surface area contributed by atoms with Crippen molar-refractivity contribution >= 4 is 51.6 Å². The van der Waals surface area contributed by atoms with E-state index in [1.165, 1.54) is 17.4 Å². The van der Waals surface area contributed by atoms with Crippen molar-refractivity contribution in [3.63, 3.8) is 0 Å². The number of nitrogens with one attached hydrogen (secondary N) is 2. The number of halogens is 4. The molecule has 2 aromatic heterocycles. The zero-order chi connectivity index (χ0) is 33.3. The number of anilines is 2. The number of benzene rings is 1. The fraction of sp³-hybridized carbons (Fsp3) is 0.419. The van der Waals surface area contributed by atoms with Crippen molar-refractivity contribution in [1.82, 2.24) is 25.0 Å². The van der Waals surface area contributed by atoms with Crippen molar-refractivity contribution in [2.24, 2.45) is 0 Å². The Balaban J connectivity index is 1.15. The van der Waals surface area contributed by atoms with Crippen molar-refractivity contribution in [3.8, 4) is 5.75 Å². The van der Waals surface area contributed by atoms with Gasteiger partial charge in [0.25, 0.3) is 0 Å². The van der Waals surface area contributed by atoms with Crippen LogP contribution < -0.4 is 15.5 Å². The molecule has 16 heteroatoms. The van der Waals surface area contributed by atoms with Gasteiger partial charge in [0.2, 0.25) is 5.91 Å². The van der Waals surface area contributed by atoms with Gasteiger partial charge in [-0.3, -0.25) is 15.1 Å². The van der Waals surface area contributed by atoms with Crippen LogP contribution in [0.15, 0.2) is 48.1 Å². The molecule has 1 aromatic carbocycles. The van der Waals surface area contributed by atoms with E-state index in [1.54, 1.807) is 27.1 Å². The summed E-state index contributed by atoms with van der Waals surface area (Å²) in [4.78, 5) is 51.2. The number of rotatable bonds is 6. The number of alkyl halides is 3. The fourth-order valence-corrected chi connectivity index (χ4v) is 7.34. The van der Waals surface area contributed by atoms with Crippen LogP contribution in [0.1, 0.15) is 29.5 Å². The largest absolute Gasteiger partial charge is 0.506 e. The molecule has 0 saturated carbocycles. The number of carbonyl (C=O) groups excluding carboxylic acids is 3. The van der Waals surface area contributed by atoms with E-state index in [9.17, 15) is 32.7 Å². The quantitative estimate of drug-likeness (QED) is 0.335. The van der Waals surface area contributed by atoms with Gasteiger partial charge < -0.3 is 30.0 Å². The summed E-state index contributed by atoms with van der Waals surface area (Å²) in [6.07, 6.45) is -0.737. The van der Waals surface area contributed by atoms with Crippen molar-refractivity contribution in [2.75, 3.05) is 49.5 Å². The number of amides is 5. The molecule has 6 rings (SSSR count). The summed E-state index contributed by atoms with van der Waals surface area (Å²) in [5.41, 5.74) is 0.719. The van der Waals surface area contributed by atoms with Crippen LogP contribution in [0.4, 0.5) is 33.4 Å². The number of hydrogen-bond acceptors (Lipinski definition) is 7. The summed E-state index contributed by atoms with van der Waals surface area (Å²) in [6.45, 7) is 2.85. The smallest absolute Gasteiger partial charge is 0.420 e. The Hall–Kier alpha value is -4.24. The van der Waals surface area contributed by atoms with Gasteiger partial charge in [-0.1, -0.05) is 11.6 Å². The summed E-state index contributed by atoms with van der Waals surface area (Å²) in [5.74, 6) is -1.53. The number of aromatic nitrogens is 1. The average Bonchev–Trinajstić information content (AvgIpc) is 3.52. The van der Waals surface area contributed by atoms with Gasteiger partial charge in [-0.05, 0) is 54.1 Å². The molecule has 5 heterocycles. The SMILES string of the molecule is O=C(N[C@H](Cc1cc(Cl)c(O)c(C(F)(F)F)c1)C(=O)N1CCN(c2ccncc2)CC1)N1CCC(N2Cc3ccsc3NC2=O)CC1. The highest BCUT2D eigenvalue weighted by molar-refractivity contribution is 7.14. The van der Waals surface area contributed by atoms with E-state index in [4.69, 9.17) is 11.6 Å². The first-order chi connectivity index (χ1) is 22.5. The highest BCUT2D eigenvalue weighted by Gasteiger charge is 2.38. The number of aromatic hydroxyl groups is 1. The number of phenols is 1. The lowest BCUT2D eigenvalue weighted by Gasteiger charge is -2.40. The van der Waals surface area contributed by atoms with Gasteiger partial charge in [-0.15, -0.1) is 11.3 Å². The number of pyridine rings is 1. The summed E-state index contributed by atoms with van der Waals surface area (Å²) in [7, 11) is 0. The van der Waals surface area contributed by atoms with Crippen LogP contribution in [0.5, 0.6) is 5.75 Å². The Kier molecular flexibility index (Phi) is 9.37. The number of urea groups is 2. The Morgan fingerprint density at radius 1 is 1.06 bits per heavy atom. The molecule has 11 nitrogen and oxygen atoms in total. The van der Waals surface area contributed by atoms with Crippen LogP contribution in [-0.4, -0.2) is 94.1 Å². The second kappa shape index (κ2) is 13.5. The zero-order valence-corrected chi connectivity index (χ0v) is 26.7. The molecule has 2 fully saturated rings. The number of phenolic OH excluding ortho intramolecular Hbond substituents is 1. The van der Waals surface area contributed by atoms with Crippen LogP contribution in [0, 0.1) is 0 Å². The number of piperidine rings is 1. The molecule has 3 aromatic rings. The first-order valence-electron chi connectivity index (χ1n) is 15.2. The molecule has 0 radical (unpaired) electrons. The van der Waals surface area contributed by atoms with Crippen LogP contribution in [-0.2, 0) is 23.9 Å². The Morgan fingerprint density at radius 2 is 1.77 bits per heavy atom. The molecule has 250 valence electrons. The number of thiophene rings is 1. The average molecular weight is 692 g/mol. The molecule has 3 aliphatic heterocycles. The van der Waals surface area contributed by atoms with Crippen LogP contribution in [0.25, 0.3) is 0 Å². The minimum Gasteiger partial charge on any atom is -0.506 e. The lowest BCUT2D eigenvalue weighted by atomic mass is 10.0. The summed E-state index contributed by atoms with van der Waals surface area (Å²) in [5, 5.41) is 17.9. The van der Waals surface area contributed by atoms with E-state index in [0.29, 0.717) is 58.7 Å². The Morgan fingerprint density at radius 3 is 2.45 bits per heavy atom. The molecular formula is C31H33ClF3N7O4S. The number of fused-ring (bicyclic) bond motifs is 1. The first-order valence-corrected chi connectivity index (χ1v) is 16.5. The molecule has 3 aliphatic rings. The van der Waals surface area contributed by atoms with Gasteiger partial charge in [0.1, 0.15) is 16.8 Å². The predicted octanol–water partition coefficient (Wildman–Crippen LogP) is 5.00. The lowest BCUT2D eigenvalue weighted by molar-refractivity contribution is -0.138. The molecule has 47 heavy (non-hydrogen) atoms. The number of carbonyl (C=O) groups is 3. The van der Waals surface area contributed by atoms with E-state index in [1.807, 2.05) is 23.6 Å². The molecule has 0 spiro atoms. The monoisotopic (exact) mass is 691 g/mol. The number of nitrogens with zero attached hydrogens (tertiary/aromatic N) is 5. The van der Waals surface area contributed by atoms with E-state index >= 15 is 0 Å². The number of likely N-dealkylation sites (tertiary alicyclic amines) is 1. The molecule has 0 bridgehead atoms. The summed E-state index contributed by atoms with van der Waals surface area (Å²) < 4.78 is 41.0. The molecule has 5 amide bonds. The maximum atomic E-state index is 13.9. The number of piperazine rings is 1. The zero-order valence-electron chi connectivity index (χ0n) is 25.2. The predicted molar refractivity (Wildman–Crippen MR) is 171 cm³/mol. The van der Waals surface area contributed by atoms with Crippen molar-refractivity contribution in [3.05, 3.63) is 69.8 Å². The Bertz CT molecular complexity index is 1630.